The summed E-state index contributed by atoms with van der Waals surface area (Å²) in [6.07, 6.45) is 6.18. The van der Waals surface area contributed by atoms with Crippen LogP contribution in [0.2, 0.25) is 0 Å². The molecule has 0 radical (unpaired) electrons. The maximum Gasteiger partial charge on any atom is 0.126 e. The van der Waals surface area contributed by atoms with Gasteiger partial charge in [-0.15, -0.1) is 11.3 Å². The molecular weight excluding hydrogens is 393 g/mol. The van der Waals surface area contributed by atoms with E-state index >= 15 is 0 Å². The highest BCUT2D eigenvalue weighted by molar-refractivity contribution is 7.13. The average molecular weight is 420 g/mol. The van der Waals surface area contributed by atoms with Gasteiger partial charge in [-0.05, 0) is 52.1 Å². The summed E-state index contributed by atoms with van der Waals surface area (Å²) in [5.41, 5.74) is 5.96. The maximum absolute atomic E-state index is 14.8. The van der Waals surface area contributed by atoms with Crippen LogP contribution in [-0.2, 0) is 11.8 Å². The van der Waals surface area contributed by atoms with Crippen molar-refractivity contribution in [3.63, 3.8) is 0 Å². The highest BCUT2D eigenvalue weighted by Crippen LogP contribution is 2.36. The molecule has 2 heterocycles. The van der Waals surface area contributed by atoms with Gasteiger partial charge in [-0.3, -0.25) is 5.10 Å². The first-order valence-electron chi connectivity index (χ1n) is 10.2. The van der Waals surface area contributed by atoms with E-state index in [1.165, 1.54) is 16.7 Å². The molecule has 0 aliphatic carbocycles. The van der Waals surface area contributed by atoms with Crippen molar-refractivity contribution < 1.29 is 4.39 Å². The number of nitrogens with zero attached hydrogens (tertiary/aromatic N) is 2. The van der Waals surface area contributed by atoms with Crippen LogP contribution < -0.4 is 0 Å². The molecule has 154 valence electrons. The van der Waals surface area contributed by atoms with E-state index in [0.717, 1.165) is 28.1 Å². The number of hydrogen-bond acceptors (Lipinski definition) is 3. The highest BCUT2D eigenvalue weighted by atomic mass is 32.1. The summed E-state index contributed by atoms with van der Waals surface area (Å²) >= 11 is 1.66. The molecule has 0 unspecified atom stereocenters. The van der Waals surface area contributed by atoms with Gasteiger partial charge < -0.3 is 0 Å². The predicted octanol–water partition coefficient (Wildman–Crippen LogP) is 6.98. The van der Waals surface area contributed by atoms with Crippen LogP contribution >= 0.6 is 11.3 Å². The lowest BCUT2D eigenvalue weighted by molar-refractivity contribution is 0.481. The van der Waals surface area contributed by atoms with Gasteiger partial charge in [0.2, 0.25) is 0 Å². The molecule has 0 fully saturated rings. The number of thiazole rings is 1. The zero-order valence-electron chi connectivity index (χ0n) is 17.7. The lowest BCUT2D eigenvalue weighted by Crippen LogP contribution is -2.22. The molecule has 5 heteroatoms. The second kappa shape index (κ2) is 8.15. The Labute approximate surface area is 181 Å². The molecule has 4 aromatic rings. The minimum Gasteiger partial charge on any atom is -0.285 e. The molecule has 0 bridgehead atoms. The van der Waals surface area contributed by atoms with Crippen molar-refractivity contribution in [2.24, 2.45) is 0 Å². The Balaban J connectivity index is 1.68. The van der Waals surface area contributed by atoms with E-state index in [2.05, 4.69) is 61.1 Å². The molecule has 2 aromatic heterocycles. The third-order valence-electron chi connectivity index (χ3n) is 5.57. The Kier molecular flexibility index (Phi) is 5.56. The SMILES string of the molecule is CC(C)c1cc(CC(C)(C)c2cc(-c3cn[nH]c3)ccc2F)ccc1-c1nccs1. The average Bonchev–Trinajstić information content (AvgIpc) is 3.42. The minimum atomic E-state index is -0.360. The third-order valence-corrected chi connectivity index (χ3v) is 6.38. The maximum atomic E-state index is 14.8. The zero-order chi connectivity index (χ0) is 21.3. The molecule has 3 nitrogen and oxygen atoms in total. The van der Waals surface area contributed by atoms with Crippen molar-refractivity contribution in [2.45, 2.75) is 45.4 Å². The van der Waals surface area contributed by atoms with E-state index < -0.39 is 0 Å². The van der Waals surface area contributed by atoms with Crippen molar-refractivity contribution in [2.75, 3.05) is 0 Å². The molecule has 1 N–H and O–H groups in total. The van der Waals surface area contributed by atoms with Crippen LogP contribution in [0.1, 0.15) is 50.3 Å². The summed E-state index contributed by atoms with van der Waals surface area (Å²) in [5.74, 6) is 0.212. The fourth-order valence-electron chi connectivity index (χ4n) is 3.99. The van der Waals surface area contributed by atoms with Gasteiger partial charge in [-0.2, -0.15) is 5.10 Å². The quantitative estimate of drug-likeness (QED) is 0.366. The Morgan fingerprint density at radius 1 is 1.10 bits per heavy atom. The second-order valence-corrected chi connectivity index (χ2v) is 9.55. The molecule has 0 aliphatic heterocycles. The van der Waals surface area contributed by atoms with Crippen molar-refractivity contribution in [1.29, 1.82) is 0 Å². The van der Waals surface area contributed by atoms with Gasteiger partial charge in [0.05, 0.1) is 6.20 Å². The highest BCUT2D eigenvalue weighted by Gasteiger charge is 2.26. The Morgan fingerprint density at radius 2 is 1.93 bits per heavy atom. The van der Waals surface area contributed by atoms with E-state index in [1.807, 2.05) is 23.8 Å². The number of H-pyrrole nitrogens is 1. The lowest BCUT2D eigenvalue weighted by Gasteiger charge is -2.27. The van der Waals surface area contributed by atoms with Crippen molar-refractivity contribution >= 4 is 11.3 Å². The summed E-state index contributed by atoms with van der Waals surface area (Å²) < 4.78 is 14.8. The summed E-state index contributed by atoms with van der Waals surface area (Å²) in [7, 11) is 0. The molecule has 0 saturated heterocycles. The summed E-state index contributed by atoms with van der Waals surface area (Å²) in [4.78, 5) is 4.49. The fraction of sp³-hybridized carbons (Fsp3) is 0.280. The van der Waals surface area contributed by atoms with E-state index in [1.54, 1.807) is 29.7 Å². The zero-order valence-corrected chi connectivity index (χ0v) is 18.6. The molecule has 0 atom stereocenters. The molecule has 0 aliphatic rings. The first-order valence-corrected chi connectivity index (χ1v) is 11.0. The van der Waals surface area contributed by atoms with Gasteiger partial charge in [0.25, 0.3) is 0 Å². The third kappa shape index (κ3) is 4.08. The summed E-state index contributed by atoms with van der Waals surface area (Å²) in [5, 5.41) is 9.89. The molecule has 4 rings (SSSR count). The van der Waals surface area contributed by atoms with Gasteiger partial charge in [0.1, 0.15) is 10.8 Å². The first-order chi connectivity index (χ1) is 14.3. The van der Waals surface area contributed by atoms with E-state index in [-0.39, 0.29) is 11.2 Å². The van der Waals surface area contributed by atoms with Crippen LogP contribution in [0.4, 0.5) is 4.39 Å². The number of hydrogen-bond donors (Lipinski definition) is 1. The van der Waals surface area contributed by atoms with Gasteiger partial charge in [0.15, 0.2) is 0 Å². The van der Waals surface area contributed by atoms with Crippen LogP contribution in [0.25, 0.3) is 21.7 Å². The van der Waals surface area contributed by atoms with E-state index in [0.29, 0.717) is 5.92 Å². The van der Waals surface area contributed by atoms with Gasteiger partial charge in [0, 0.05) is 28.9 Å². The monoisotopic (exact) mass is 419 g/mol. The number of aromatic amines is 1. The van der Waals surface area contributed by atoms with Gasteiger partial charge >= 0.3 is 0 Å². The number of nitrogens with one attached hydrogen (secondary N) is 1. The standard InChI is InChI=1S/C25H26FN3S/c1-16(2)21-11-17(5-7-20(21)24-27-9-10-30-24)13-25(3,4)22-12-18(6-8-23(22)26)19-14-28-29-15-19/h5-12,14-16H,13H2,1-4H3,(H,28,29). The van der Waals surface area contributed by atoms with Crippen molar-refractivity contribution in [3.05, 3.63) is 82.9 Å². The van der Waals surface area contributed by atoms with E-state index in [4.69, 9.17) is 0 Å². The predicted molar refractivity (Wildman–Crippen MR) is 122 cm³/mol. The Hall–Kier alpha value is -2.79. The van der Waals surface area contributed by atoms with Crippen molar-refractivity contribution in [1.82, 2.24) is 15.2 Å². The smallest absolute Gasteiger partial charge is 0.126 e. The first kappa shape index (κ1) is 20.5. The Bertz CT molecular complexity index is 1130. The van der Waals surface area contributed by atoms with Crippen LogP contribution in [0.15, 0.2) is 60.4 Å². The Morgan fingerprint density at radius 3 is 2.60 bits per heavy atom. The lowest BCUT2D eigenvalue weighted by atomic mass is 9.77. The van der Waals surface area contributed by atoms with Crippen LogP contribution in [-0.4, -0.2) is 15.2 Å². The normalized spacial score (nSPS) is 11.9. The molecule has 2 aromatic carbocycles. The number of rotatable bonds is 6. The van der Waals surface area contributed by atoms with Crippen molar-refractivity contribution in [3.8, 4) is 21.7 Å². The summed E-state index contributed by atoms with van der Waals surface area (Å²) in [6, 6.07) is 11.9. The molecule has 30 heavy (non-hydrogen) atoms. The van der Waals surface area contributed by atoms with E-state index in [9.17, 15) is 4.39 Å². The number of halogens is 1. The van der Waals surface area contributed by atoms with Gasteiger partial charge in [-0.1, -0.05) is 52.0 Å². The number of benzene rings is 2. The van der Waals surface area contributed by atoms with Gasteiger partial charge in [-0.25, -0.2) is 9.37 Å². The topological polar surface area (TPSA) is 41.6 Å². The fourth-order valence-corrected chi connectivity index (χ4v) is 4.67. The molecule has 0 spiro atoms. The van der Waals surface area contributed by atoms with Crippen LogP contribution in [0.5, 0.6) is 0 Å². The second-order valence-electron chi connectivity index (χ2n) is 8.66. The molecular formula is C25H26FN3S. The molecule has 0 amide bonds. The molecule has 0 saturated carbocycles. The van der Waals surface area contributed by atoms with Crippen LogP contribution in [0, 0.1) is 5.82 Å². The largest absolute Gasteiger partial charge is 0.285 e. The van der Waals surface area contributed by atoms with Crippen LogP contribution in [0.3, 0.4) is 0 Å². The summed E-state index contributed by atoms with van der Waals surface area (Å²) in [6.45, 7) is 8.62. The minimum absolute atomic E-state index is 0.171. The number of aromatic nitrogens is 3.